The number of aromatic nitrogens is 1. The molecular formula is C15H21N3O2. The minimum Gasteiger partial charge on any atom is -0.473 e. The van der Waals surface area contributed by atoms with Crippen LogP contribution in [-0.2, 0) is 6.54 Å². The lowest BCUT2D eigenvalue weighted by Crippen LogP contribution is -2.23. The molecule has 0 aliphatic rings. The van der Waals surface area contributed by atoms with Crippen LogP contribution in [0, 0.1) is 0 Å². The fourth-order valence-electron chi connectivity index (χ4n) is 1.88. The van der Waals surface area contributed by atoms with E-state index in [2.05, 4.69) is 16.8 Å². The standard InChI is InChI=1S/C15H21N3O2/c1-4-18(10-12-6-5-9-19-12)14-8-7-13(16)15(17-14)20-11(2)3/h5-9,11H,4,10,16H2,1-3H3. The average molecular weight is 275 g/mol. The van der Waals surface area contributed by atoms with Gasteiger partial charge in [-0.3, -0.25) is 0 Å². The Morgan fingerprint density at radius 1 is 1.35 bits per heavy atom. The molecule has 0 bridgehead atoms. The normalized spacial score (nSPS) is 10.8. The number of hydrogen-bond acceptors (Lipinski definition) is 5. The largest absolute Gasteiger partial charge is 0.473 e. The maximum Gasteiger partial charge on any atom is 0.239 e. The number of rotatable bonds is 6. The van der Waals surface area contributed by atoms with Crippen molar-refractivity contribution >= 4 is 11.5 Å². The first-order valence-electron chi connectivity index (χ1n) is 6.80. The molecule has 0 saturated heterocycles. The molecule has 2 aromatic rings. The van der Waals surface area contributed by atoms with E-state index in [1.54, 1.807) is 6.26 Å². The number of pyridine rings is 1. The van der Waals surface area contributed by atoms with Gasteiger partial charge in [0.2, 0.25) is 5.88 Å². The highest BCUT2D eigenvalue weighted by Gasteiger charge is 2.12. The summed E-state index contributed by atoms with van der Waals surface area (Å²) in [6.45, 7) is 7.46. The number of furan rings is 1. The van der Waals surface area contributed by atoms with E-state index in [4.69, 9.17) is 14.9 Å². The maximum absolute atomic E-state index is 5.89. The summed E-state index contributed by atoms with van der Waals surface area (Å²) in [7, 11) is 0. The van der Waals surface area contributed by atoms with E-state index in [0.29, 0.717) is 18.1 Å². The van der Waals surface area contributed by atoms with Gasteiger partial charge in [-0.15, -0.1) is 0 Å². The summed E-state index contributed by atoms with van der Waals surface area (Å²) in [6, 6.07) is 7.55. The third-order valence-electron chi connectivity index (χ3n) is 2.85. The van der Waals surface area contributed by atoms with Gasteiger partial charge in [-0.05, 0) is 45.0 Å². The van der Waals surface area contributed by atoms with Gasteiger partial charge in [0, 0.05) is 6.54 Å². The molecule has 108 valence electrons. The number of ether oxygens (including phenoxy) is 1. The van der Waals surface area contributed by atoms with Crippen LogP contribution in [0.5, 0.6) is 5.88 Å². The minimum atomic E-state index is 0.0419. The minimum absolute atomic E-state index is 0.0419. The summed E-state index contributed by atoms with van der Waals surface area (Å²) >= 11 is 0. The first-order chi connectivity index (χ1) is 9.60. The predicted molar refractivity (Wildman–Crippen MR) is 79.8 cm³/mol. The van der Waals surface area contributed by atoms with E-state index in [1.165, 1.54) is 0 Å². The Balaban J connectivity index is 2.21. The Morgan fingerprint density at radius 3 is 2.75 bits per heavy atom. The molecule has 5 nitrogen and oxygen atoms in total. The second kappa shape index (κ2) is 6.32. The molecule has 0 fully saturated rings. The Bertz CT molecular complexity index is 538. The number of nitrogens with two attached hydrogens (primary N) is 1. The fourth-order valence-corrected chi connectivity index (χ4v) is 1.88. The van der Waals surface area contributed by atoms with Crippen LogP contribution in [0.3, 0.4) is 0 Å². The molecule has 0 amide bonds. The van der Waals surface area contributed by atoms with Crippen molar-refractivity contribution in [1.29, 1.82) is 0 Å². The molecule has 2 N–H and O–H groups in total. The van der Waals surface area contributed by atoms with E-state index in [-0.39, 0.29) is 6.10 Å². The van der Waals surface area contributed by atoms with Crippen molar-refractivity contribution in [1.82, 2.24) is 4.98 Å². The van der Waals surface area contributed by atoms with Crippen LogP contribution in [0.2, 0.25) is 0 Å². The highest BCUT2D eigenvalue weighted by Crippen LogP contribution is 2.25. The van der Waals surface area contributed by atoms with Crippen molar-refractivity contribution in [3.05, 3.63) is 36.3 Å². The van der Waals surface area contributed by atoms with E-state index < -0.39 is 0 Å². The van der Waals surface area contributed by atoms with Gasteiger partial charge in [0.25, 0.3) is 0 Å². The summed E-state index contributed by atoms with van der Waals surface area (Å²) in [5.41, 5.74) is 6.44. The van der Waals surface area contributed by atoms with E-state index in [1.807, 2.05) is 38.1 Å². The topological polar surface area (TPSA) is 64.5 Å². The van der Waals surface area contributed by atoms with Gasteiger partial charge in [0.15, 0.2) is 0 Å². The Morgan fingerprint density at radius 2 is 2.15 bits per heavy atom. The first-order valence-corrected chi connectivity index (χ1v) is 6.80. The quantitative estimate of drug-likeness (QED) is 0.877. The highest BCUT2D eigenvalue weighted by molar-refractivity contribution is 5.54. The van der Waals surface area contributed by atoms with Crippen molar-refractivity contribution in [2.24, 2.45) is 0 Å². The Kier molecular flexibility index (Phi) is 4.50. The summed E-state index contributed by atoms with van der Waals surface area (Å²) in [5.74, 6) is 2.21. The molecule has 0 atom stereocenters. The monoisotopic (exact) mass is 275 g/mol. The van der Waals surface area contributed by atoms with Crippen LogP contribution in [0.25, 0.3) is 0 Å². The lowest BCUT2D eigenvalue weighted by Gasteiger charge is -2.22. The highest BCUT2D eigenvalue weighted by atomic mass is 16.5. The molecule has 0 aromatic carbocycles. The first kappa shape index (κ1) is 14.2. The molecular weight excluding hydrogens is 254 g/mol. The fraction of sp³-hybridized carbons (Fsp3) is 0.400. The molecule has 0 aliphatic carbocycles. The summed E-state index contributed by atoms with van der Waals surface area (Å²) in [5, 5.41) is 0. The third kappa shape index (κ3) is 3.44. The predicted octanol–water partition coefficient (Wildman–Crippen LogP) is 3.07. The van der Waals surface area contributed by atoms with Crippen LogP contribution in [0.15, 0.2) is 34.9 Å². The molecule has 0 saturated carbocycles. The number of nitrogens with zero attached hydrogens (tertiary/aromatic N) is 2. The van der Waals surface area contributed by atoms with Gasteiger partial charge in [-0.2, -0.15) is 4.98 Å². The van der Waals surface area contributed by atoms with Crippen LogP contribution in [-0.4, -0.2) is 17.6 Å². The van der Waals surface area contributed by atoms with Crippen molar-refractivity contribution in [3.63, 3.8) is 0 Å². The lowest BCUT2D eigenvalue weighted by molar-refractivity contribution is 0.234. The van der Waals surface area contributed by atoms with Crippen molar-refractivity contribution < 1.29 is 9.15 Å². The molecule has 2 aromatic heterocycles. The molecule has 2 rings (SSSR count). The smallest absolute Gasteiger partial charge is 0.239 e. The van der Waals surface area contributed by atoms with Crippen molar-refractivity contribution in [2.75, 3.05) is 17.2 Å². The van der Waals surface area contributed by atoms with E-state index in [0.717, 1.165) is 18.1 Å². The Labute approximate surface area is 119 Å². The zero-order chi connectivity index (χ0) is 14.5. The zero-order valence-electron chi connectivity index (χ0n) is 12.2. The molecule has 2 heterocycles. The summed E-state index contributed by atoms with van der Waals surface area (Å²) in [4.78, 5) is 6.60. The van der Waals surface area contributed by atoms with Crippen molar-refractivity contribution in [3.8, 4) is 5.88 Å². The molecule has 0 radical (unpaired) electrons. The molecule has 5 heteroatoms. The van der Waals surface area contributed by atoms with Crippen molar-refractivity contribution in [2.45, 2.75) is 33.4 Å². The number of hydrogen-bond donors (Lipinski definition) is 1. The molecule has 0 unspecified atom stereocenters. The van der Waals surface area contributed by atoms with Gasteiger partial charge in [0.05, 0.1) is 24.6 Å². The number of nitrogen functional groups attached to an aromatic ring is 1. The molecule has 0 spiro atoms. The van der Waals surface area contributed by atoms with E-state index >= 15 is 0 Å². The lowest BCUT2D eigenvalue weighted by atomic mass is 10.3. The second-order valence-electron chi connectivity index (χ2n) is 4.82. The maximum atomic E-state index is 5.89. The van der Waals surface area contributed by atoms with Gasteiger partial charge >= 0.3 is 0 Å². The second-order valence-corrected chi connectivity index (χ2v) is 4.82. The van der Waals surface area contributed by atoms with Crippen LogP contribution in [0.4, 0.5) is 11.5 Å². The van der Waals surface area contributed by atoms with Gasteiger partial charge in [-0.1, -0.05) is 0 Å². The third-order valence-corrected chi connectivity index (χ3v) is 2.85. The van der Waals surface area contributed by atoms with Gasteiger partial charge in [-0.25, -0.2) is 0 Å². The summed E-state index contributed by atoms with van der Waals surface area (Å²) in [6.07, 6.45) is 1.72. The summed E-state index contributed by atoms with van der Waals surface area (Å²) < 4.78 is 11.0. The van der Waals surface area contributed by atoms with E-state index in [9.17, 15) is 0 Å². The molecule has 20 heavy (non-hydrogen) atoms. The van der Waals surface area contributed by atoms with Gasteiger partial charge < -0.3 is 19.8 Å². The Hall–Kier alpha value is -2.17. The molecule has 0 aliphatic heterocycles. The van der Waals surface area contributed by atoms with Crippen LogP contribution in [0.1, 0.15) is 26.5 Å². The average Bonchev–Trinajstić information content (AvgIpc) is 2.91. The SMILES string of the molecule is CCN(Cc1ccco1)c1ccc(N)c(OC(C)C)n1. The van der Waals surface area contributed by atoms with Gasteiger partial charge in [0.1, 0.15) is 11.6 Å². The van der Waals surface area contributed by atoms with Crippen LogP contribution < -0.4 is 15.4 Å². The van der Waals surface area contributed by atoms with Crippen LogP contribution >= 0.6 is 0 Å². The number of anilines is 2. The zero-order valence-corrected chi connectivity index (χ0v) is 12.2.